The zero-order valence-electron chi connectivity index (χ0n) is 18.9. The van der Waals surface area contributed by atoms with E-state index in [9.17, 15) is 9.59 Å². The fourth-order valence-electron chi connectivity index (χ4n) is 2.61. The molecule has 0 saturated heterocycles. The second-order valence-electron chi connectivity index (χ2n) is 7.41. The molecular formula is C22H38N4O4. The Bertz CT molecular complexity index is 557. The van der Waals surface area contributed by atoms with Crippen LogP contribution in [0.15, 0.2) is 24.3 Å². The first-order valence-corrected chi connectivity index (χ1v) is 10.8. The number of amides is 2. The van der Waals surface area contributed by atoms with Crippen molar-refractivity contribution in [3.63, 3.8) is 0 Å². The number of anilines is 2. The lowest BCUT2D eigenvalue weighted by Crippen LogP contribution is -2.26. The lowest BCUT2D eigenvalue weighted by molar-refractivity contribution is 0.145. The van der Waals surface area contributed by atoms with Crippen molar-refractivity contribution >= 4 is 23.6 Å². The normalized spacial score (nSPS) is 10.9. The molecule has 0 bridgehead atoms. The molecule has 8 nitrogen and oxygen atoms in total. The maximum absolute atomic E-state index is 11.9. The molecule has 2 amide bonds. The smallest absolute Gasteiger partial charge is 0.411 e. The van der Waals surface area contributed by atoms with E-state index in [4.69, 9.17) is 9.47 Å². The van der Waals surface area contributed by atoms with Crippen LogP contribution in [0, 0.1) is 0 Å². The molecule has 0 atom stereocenters. The van der Waals surface area contributed by atoms with Crippen LogP contribution in [0.3, 0.4) is 0 Å². The van der Waals surface area contributed by atoms with E-state index in [2.05, 4.69) is 34.3 Å². The lowest BCUT2D eigenvalue weighted by Gasteiger charge is -2.16. The average molecular weight is 423 g/mol. The van der Waals surface area contributed by atoms with E-state index in [1.165, 1.54) is 0 Å². The Morgan fingerprint density at radius 2 is 1.10 bits per heavy atom. The van der Waals surface area contributed by atoms with Crippen molar-refractivity contribution in [1.82, 2.24) is 9.80 Å². The lowest BCUT2D eigenvalue weighted by atomic mass is 10.3. The van der Waals surface area contributed by atoms with Crippen molar-refractivity contribution in [2.75, 3.05) is 64.1 Å². The van der Waals surface area contributed by atoms with E-state index in [0.29, 0.717) is 37.7 Å². The highest BCUT2D eigenvalue weighted by molar-refractivity contribution is 5.87. The first kappa shape index (κ1) is 25.7. The third-order valence-electron chi connectivity index (χ3n) is 4.58. The quantitative estimate of drug-likeness (QED) is 0.466. The Morgan fingerprint density at radius 1 is 0.733 bits per heavy atom. The number of unbranched alkanes of at least 4 members (excludes halogenated alkanes) is 2. The molecule has 0 spiro atoms. The number of ether oxygens (including phenoxy) is 2. The molecule has 0 aliphatic rings. The van der Waals surface area contributed by atoms with Crippen molar-refractivity contribution in [2.45, 2.75) is 39.5 Å². The number of nitrogens with zero attached hydrogens (tertiary/aromatic N) is 2. The topological polar surface area (TPSA) is 83.1 Å². The molecule has 0 saturated carbocycles. The van der Waals surface area contributed by atoms with Gasteiger partial charge in [-0.05, 0) is 64.3 Å². The molecule has 170 valence electrons. The molecule has 0 aliphatic carbocycles. The molecule has 1 rings (SSSR count). The summed E-state index contributed by atoms with van der Waals surface area (Å²) in [6.45, 7) is 8.36. The van der Waals surface area contributed by atoms with Gasteiger partial charge in [-0.2, -0.15) is 0 Å². The summed E-state index contributed by atoms with van der Waals surface area (Å²) < 4.78 is 10.4. The Kier molecular flexibility index (Phi) is 13.3. The second-order valence-corrected chi connectivity index (χ2v) is 7.41. The van der Waals surface area contributed by atoms with Gasteiger partial charge in [-0.3, -0.25) is 10.6 Å². The van der Waals surface area contributed by atoms with Gasteiger partial charge in [0.1, 0.15) is 13.2 Å². The van der Waals surface area contributed by atoms with E-state index < -0.39 is 12.2 Å². The van der Waals surface area contributed by atoms with Gasteiger partial charge in [-0.25, -0.2) is 9.59 Å². The van der Waals surface area contributed by atoms with Crippen LogP contribution in [-0.2, 0) is 9.47 Å². The van der Waals surface area contributed by atoms with Gasteiger partial charge in [0, 0.05) is 24.5 Å². The molecule has 0 aliphatic heterocycles. The molecule has 0 fully saturated rings. The minimum absolute atomic E-state index is 0.338. The number of nitrogens with one attached hydrogen (secondary N) is 2. The minimum atomic E-state index is -0.494. The highest BCUT2D eigenvalue weighted by Crippen LogP contribution is 2.14. The van der Waals surface area contributed by atoms with Gasteiger partial charge in [0.05, 0.1) is 0 Å². The molecule has 30 heavy (non-hydrogen) atoms. The fourth-order valence-corrected chi connectivity index (χ4v) is 2.61. The monoisotopic (exact) mass is 422 g/mol. The number of benzene rings is 1. The summed E-state index contributed by atoms with van der Waals surface area (Å²) in [5.41, 5.74) is 1.19. The van der Waals surface area contributed by atoms with Crippen LogP contribution in [0.1, 0.15) is 39.5 Å². The van der Waals surface area contributed by atoms with E-state index in [1.54, 1.807) is 24.3 Å². The van der Waals surface area contributed by atoms with Crippen LogP contribution in [-0.4, -0.2) is 75.5 Å². The van der Waals surface area contributed by atoms with E-state index in [0.717, 1.165) is 38.8 Å². The molecule has 8 heteroatoms. The summed E-state index contributed by atoms with van der Waals surface area (Å²) in [4.78, 5) is 28.0. The SMILES string of the molecule is CCCCN(C)CCOC(=O)Nc1ccc(NC(=O)OCCN(C)CCCC)cc1. The number of hydrogen-bond acceptors (Lipinski definition) is 6. The first-order valence-electron chi connectivity index (χ1n) is 10.8. The van der Waals surface area contributed by atoms with E-state index in [1.807, 2.05) is 14.1 Å². The Balaban J connectivity index is 2.25. The highest BCUT2D eigenvalue weighted by atomic mass is 16.6. The van der Waals surface area contributed by atoms with Crippen LogP contribution in [0.25, 0.3) is 0 Å². The summed E-state index contributed by atoms with van der Waals surface area (Å²) in [6.07, 6.45) is 3.56. The molecule has 1 aromatic rings. The van der Waals surface area contributed by atoms with Crippen molar-refractivity contribution in [3.8, 4) is 0 Å². The third kappa shape index (κ3) is 12.3. The number of hydrogen-bond donors (Lipinski definition) is 2. The molecule has 0 heterocycles. The second kappa shape index (κ2) is 15.5. The van der Waals surface area contributed by atoms with Gasteiger partial charge in [-0.15, -0.1) is 0 Å². The number of rotatable bonds is 14. The van der Waals surface area contributed by atoms with Gasteiger partial charge in [0.15, 0.2) is 0 Å². The van der Waals surface area contributed by atoms with Crippen LogP contribution in [0.4, 0.5) is 21.0 Å². The summed E-state index contributed by atoms with van der Waals surface area (Å²) in [6, 6.07) is 6.79. The van der Waals surface area contributed by atoms with Crippen LogP contribution < -0.4 is 10.6 Å². The Morgan fingerprint density at radius 3 is 1.43 bits per heavy atom. The summed E-state index contributed by atoms with van der Waals surface area (Å²) in [7, 11) is 4.02. The van der Waals surface area contributed by atoms with Crippen molar-refractivity contribution in [1.29, 1.82) is 0 Å². The summed E-state index contributed by atoms with van der Waals surface area (Å²) in [5, 5.41) is 5.35. The maximum atomic E-state index is 11.9. The maximum Gasteiger partial charge on any atom is 0.411 e. The predicted molar refractivity (Wildman–Crippen MR) is 121 cm³/mol. The van der Waals surface area contributed by atoms with Crippen LogP contribution >= 0.6 is 0 Å². The average Bonchev–Trinajstić information content (AvgIpc) is 2.72. The zero-order valence-corrected chi connectivity index (χ0v) is 18.9. The molecule has 0 unspecified atom stereocenters. The number of carbonyl (C=O) groups excluding carboxylic acids is 2. The molecule has 1 aromatic carbocycles. The molecule has 0 radical (unpaired) electrons. The summed E-state index contributed by atoms with van der Waals surface area (Å²) >= 11 is 0. The van der Waals surface area contributed by atoms with E-state index in [-0.39, 0.29) is 0 Å². The van der Waals surface area contributed by atoms with Crippen LogP contribution in [0.2, 0.25) is 0 Å². The molecule has 2 N–H and O–H groups in total. The van der Waals surface area contributed by atoms with Crippen molar-refractivity contribution in [2.24, 2.45) is 0 Å². The third-order valence-corrected chi connectivity index (χ3v) is 4.58. The number of carbonyl (C=O) groups is 2. The van der Waals surface area contributed by atoms with Crippen LogP contribution in [0.5, 0.6) is 0 Å². The number of likely N-dealkylation sites (N-methyl/N-ethyl adjacent to an activating group) is 2. The van der Waals surface area contributed by atoms with Gasteiger partial charge in [0.25, 0.3) is 0 Å². The molecule has 0 aromatic heterocycles. The highest BCUT2D eigenvalue weighted by Gasteiger charge is 2.07. The Labute approximate surface area is 180 Å². The first-order chi connectivity index (χ1) is 14.4. The van der Waals surface area contributed by atoms with Gasteiger partial charge >= 0.3 is 12.2 Å². The van der Waals surface area contributed by atoms with Gasteiger partial charge < -0.3 is 19.3 Å². The van der Waals surface area contributed by atoms with Gasteiger partial charge in [-0.1, -0.05) is 26.7 Å². The zero-order chi connectivity index (χ0) is 22.2. The summed E-state index contributed by atoms with van der Waals surface area (Å²) in [5.74, 6) is 0. The fraction of sp³-hybridized carbons (Fsp3) is 0.636. The van der Waals surface area contributed by atoms with Crippen molar-refractivity contribution in [3.05, 3.63) is 24.3 Å². The minimum Gasteiger partial charge on any atom is -0.448 e. The van der Waals surface area contributed by atoms with E-state index >= 15 is 0 Å². The van der Waals surface area contributed by atoms with Gasteiger partial charge in [0.2, 0.25) is 0 Å². The molecular weight excluding hydrogens is 384 g/mol. The predicted octanol–water partition coefficient (Wildman–Crippen LogP) is 4.25. The largest absolute Gasteiger partial charge is 0.448 e. The standard InChI is InChI=1S/C22H38N4O4/c1-5-7-13-25(3)15-17-29-21(27)23-19-9-11-20(12-10-19)24-22(28)30-18-16-26(4)14-8-6-2/h9-12H,5-8,13-18H2,1-4H3,(H,23,27)(H,24,28). The Hall–Kier alpha value is -2.32. The van der Waals surface area contributed by atoms with Crippen molar-refractivity contribution < 1.29 is 19.1 Å².